The van der Waals surface area contributed by atoms with E-state index in [1.807, 2.05) is 0 Å². The summed E-state index contributed by atoms with van der Waals surface area (Å²) in [5.74, 6) is -0.278. The number of aliphatic carboxylic acids is 1. The molecule has 1 fully saturated rings. The maximum absolute atomic E-state index is 12.1. The molecule has 1 aliphatic heterocycles. The molecular formula is C12H22N2O3. The number of piperidine rings is 1. The highest BCUT2D eigenvalue weighted by molar-refractivity contribution is 5.82. The molecule has 0 aromatic carbocycles. The third-order valence-electron chi connectivity index (χ3n) is 3.50. The van der Waals surface area contributed by atoms with Gasteiger partial charge in [0.15, 0.2) is 0 Å². The number of likely N-dealkylation sites (tertiary alicyclic amines) is 1. The number of rotatable bonds is 3. The van der Waals surface area contributed by atoms with Crippen LogP contribution in [-0.2, 0) is 4.79 Å². The van der Waals surface area contributed by atoms with E-state index < -0.39 is 12.0 Å². The Kier molecular flexibility index (Phi) is 4.78. The summed E-state index contributed by atoms with van der Waals surface area (Å²) in [4.78, 5) is 26.2. The van der Waals surface area contributed by atoms with E-state index in [1.54, 1.807) is 18.9 Å². The molecule has 0 saturated carbocycles. The third-order valence-corrected chi connectivity index (χ3v) is 3.50. The summed E-state index contributed by atoms with van der Waals surface area (Å²) in [6.07, 6.45) is 2.44. The number of carboxylic acid groups (broad SMARTS) is 1. The smallest absolute Gasteiger partial charge is 0.326 e. The quantitative estimate of drug-likeness (QED) is 0.818. The van der Waals surface area contributed by atoms with Crippen LogP contribution in [0, 0.1) is 5.92 Å². The summed E-state index contributed by atoms with van der Waals surface area (Å²) in [5.41, 5.74) is 0. The zero-order valence-electron chi connectivity index (χ0n) is 10.8. The number of nitrogens with zero attached hydrogens (tertiary/aromatic N) is 2. The summed E-state index contributed by atoms with van der Waals surface area (Å²) in [7, 11) is 1.57. The van der Waals surface area contributed by atoms with Crippen LogP contribution in [-0.4, -0.2) is 53.1 Å². The van der Waals surface area contributed by atoms with Crippen molar-refractivity contribution < 1.29 is 14.7 Å². The summed E-state index contributed by atoms with van der Waals surface area (Å²) in [6.45, 7) is 5.43. The van der Waals surface area contributed by atoms with Crippen LogP contribution in [0.5, 0.6) is 0 Å². The fourth-order valence-corrected chi connectivity index (χ4v) is 2.17. The predicted octanol–water partition coefficient (Wildman–Crippen LogP) is 1.63. The Morgan fingerprint density at radius 3 is 2.35 bits per heavy atom. The van der Waals surface area contributed by atoms with Gasteiger partial charge in [-0.2, -0.15) is 0 Å². The average molecular weight is 242 g/mol. The maximum Gasteiger partial charge on any atom is 0.326 e. The second-order valence-corrected chi connectivity index (χ2v) is 4.83. The van der Waals surface area contributed by atoms with E-state index in [0.29, 0.717) is 12.3 Å². The molecule has 1 rings (SSSR count). The Balaban J connectivity index is 2.59. The standard InChI is InChI=1S/C12H22N2O3/c1-4-10(11(15)16)13(3)12(17)14-7-5-9(2)6-8-14/h9-10H,4-8H2,1-3H3,(H,15,16). The molecule has 5 nitrogen and oxygen atoms in total. The molecule has 17 heavy (non-hydrogen) atoms. The molecule has 0 bridgehead atoms. The van der Waals surface area contributed by atoms with Crippen molar-refractivity contribution in [2.24, 2.45) is 5.92 Å². The van der Waals surface area contributed by atoms with Gasteiger partial charge in [-0.25, -0.2) is 9.59 Å². The van der Waals surface area contributed by atoms with E-state index in [1.165, 1.54) is 4.90 Å². The Morgan fingerprint density at radius 1 is 1.41 bits per heavy atom. The van der Waals surface area contributed by atoms with Crippen molar-refractivity contribution >= 4 is 12.0 Å². The van der Waals surface area contributed by atoms with Crippen LogP contribution in [0.4, 0.5) is 4.79 Å². The number of hydrogen-bond donors (Lipinski definition) is 1. The lowest BCUT2D eigenvalue weighted by Crippen LogP contribution is -2.50. The molecule has 1 saturated heterocycles. The highest BCUT2D eigenvalue weighted by Gasteiger charge is 2.29. The van der Waals surface area contributed by atoms with E-state index in [-0.39, 0.29) is 6.03 Å². The van der Waals surface area contributed by atoms with Crippen molar-refractivity contribution in [3.8, 4) is 0 Å². The predicted molar refractivity (Wildman–Crippen MR) is 64.8 cm³/mol. The molecule has 5 heteroatoms. The monoisotopic (exact) mass is 242 g/mol. The highest BCUT2D eigenvalue weighted by atomic mass is 16.4. The Labute approximate surface area is 102 Å². The highest BCUT2D eigenvalue weighted by Crippen LogP contribution is 2.18. The van der Waals surface area contributed by atoms with Crippen LogP contribution in [0.25, 0.3) is 0 Å². The number of carbonyl (C=O) groups is 2. The van der Waals surface area contributed by atoms with Gasteiger partial charge in [-0.15, -0.1) is 0 Å². The third kappa shape index (κ3) is 3.35. The van der Waals surface area contributed by atoms with Crippen molar-refractivity contribution in [1.29, 1.82) is 0 Å². The van der Waals surface area contributed by atoms with E-state index in [0.717, 1.165) is 25.9 Å². The van der Waals surface area contributed by atoms with Gasteiger partial charge < -0.3 is 14.9 Å². The number of carboxylic acids is 1. The van der Waals surface area contributed by atoms with Gasteiger partial charge in [0, 0.05) is 20.1 Å². The fraction of sp³-hybridized carbons (Fsp3) is 0.833. The number of hydrogen-bond acceptors (Lipinski definition) is 2. The van der Waals surface area contributed by atoms with Gasteiger partial charge in [-0.3, -0.25) is 0 Å². The molecule has 0 radical (unpaired) electrons. The average Bonchev–Trinajstić information content (AvgIpc) is 2.29. The van der Waals surface area contributed by atoms with Crippen molar-refractivity contribution in [2.75, 3.05) is 20.1 Å². The maximum atomic E-state index is 12.1. The molecule has 1 atom stereocenters. The molecule has 0 aliphatic carbocycles. The van der Waals surface area contributed by atoms with Crippen LogP contribution >= 0.6 is 0 Å². The van der Waals surface area contributed by atoms with Gasteiger partial charge in [0.05, 0.1) is 0 Å². The van der Waals surface area contributed by atoms with E-state index in [9.17, 15) is 9.59 Å². The summed E-state index contributed by atoms with van der Waals surface area (Å²) < 4.78 is 0. The van der Waals surface area contributed by atoms with Crippen LogP contribution in [0.1, 0.15) is 33.1 Å². The molecule has 2 amide bonds. The first-order valence-corrected chi connectivity index (χ1v) is 6.21. The first-order valence-electron chi connectivity index (χ1n) is 6.21. The second kappa shape index (κ2) is 5.89. The lowest BCUT2D eigenvalue weighted by molar-refractivity contribution is -0.142. The van der Waals surface area contributed by atoms with Gasteiger partial charge in [0.2, 0.25) is 0 Å². The number of carbonyl (C=O) groups excluding carboxylic acids is 1. The molecule has 0 aromatic rings. The molecule has 98 valence electrons. The lowest BCUT2D eigenvalue weighted by atomic mass is 9.99. The van der Waals surface area contributed by atoms with Gasteiger partial charge in [-0.1, -0.05) is 13.8 Å². The zero-order chi connectivity index (χ0) is 13.0. The second-order valence-electron chi connectivity index (χ2n) is 4.83. The van der Waals surface area contributed by atoms with Crippen LogP contribution < -0.4 is 0 Å². The van der Waals surface area contributed by atoms with Crippen molar-refractivity contribution in [3.05, 3.63) is 0 Å². The molecule has 0 aromatic heterocycles. The van der Waals surface area contributed by atoms with Crippen LogP contribution in [0.3, 0.4) is 0 Å². The Morgan fingerprint density at radius 2 is 1.94 bits per heavy atom. The first-order chi connectivity index (χ1) is 7.97. The largest absolute Gasteiger partial charge is 0.480 e. The number of urea groups is 1. The summed E-state index contributed by atoms with van der Waals surface area (Å²) >= 11 is 0. The molecule has 1 N–H and O–H groups in total. The summed E-state index contributed by atoms with van der Waals surface area (Å²) in [5, 5.41) is 9.02. The molecule has 0 spiro atoms. The lowest BCUT2D eigenvalue weighted by Gasteiger charge is -2.35. The fourth-order valence-electron chi connectivity index (χ4n) is 2.17. The van der Waals surface area contributed by atoms with Crippen LogP contribution in [0.2, 0.25) is 0 Å². The van der Waals surface area contributed by atoms with Crippen molar-refractivity contribution in [3.63, 3.8) is 0 Å². The molecular weight excluding hydrogens is 220 g/mol. The zero-order valence-corrected chi connectivity index (χ0v) is 10.8. The van der Waals surface area contributed by atoms with Crippen LogP contribution in [0.15, 0.2) is 0 Å². The van der Waals surface area contributed by atoms with Gasteiger partial charge in [-0.05, 0) is 25.2 Å². The van der Waals surface area contributed by atoms with Gasteiger partial charge in [0.1, 0.15) is 6.04 Å². The SMILES string of the molecule is CCC(C(=O)O)N(C)C(=O)N1CCC(C)CC1. The number of likely N-dealkylation sites (N-methyl/N-ethyl adjacent to an activating group) is 1. The molecule has 1 aliphatic rings. The Hall–Kier alpha value is -1.26. The van der Waals surface area contributed by atoms with Gasteiger partial charge >= 0.3 is 12.0 Å². The normalized spacial score (nSPS) is 18.9. The van der Waals surface area contributed by atoms with E-state index in [4.69, 9.17) is 5.11 Å². The molecule has 1 heterocycles. The molecule has 1 unspecified atom stereocenters. The first kappa shape index (κ1) is 13.8. The van der Waals surface area contributed by atoms with Gasteiger partial charge in [0.25, 0.3) is 0 Å². The summed E-state index contributed by atoms with van der Waals surface area (Å²) in [6, 6.07) is -0.881. The van der Waals surface area contributed by atoms with Crippen molar-refractivity contribution in [1.82, 2.24) is 9.80 Å². The minimum absolute atomic E-state index is 0.161. The minimum atomic E-state index is -0.936. The van der Waals surface area contributed by atoms with E-state index in [2.05, 4.69) is 6.92 Å². The minimum Gasteiger partial charge on any atom is -0.480 e. The topological polar surface area (TPSA) is 60.9 Å². The Bertz CT molecular complexity index is 285. The number of amides is 2. The van der Waals surface area contributed by atoms with E-state index >= 15 is 0 Å². The van der Waals surface area contributed by atoms with Crippen molar-refractivity contribution in [2.45, 2.75) is 39.2 Å².